The molecule has 4 nitrogen and oxygen atoms in total. The van der Waals surface area contributed by atoms with Crippen LogP contribution in [0.1, 0.15) is 25.0 Å². The molecule has 0 spiro atoms. The standard InChI is InChI=1S/C18H20O4/c1-18(2,13-5-9-15(20-3)10-6-13)14-7-11-16(12-8-14)22-17(19)21-4/h5-12H,1-4H3. The molecule has 0 fully saturated rings. The van der Waals surface area contributed by atoms with Crippen molar-refractivity contribution in [3.05, 3.63) is 59.7 Å². The Kier molecular flexibility index (Phi) is 4.71. The first kappa shape index (κ1) is 15.9. The Morgan fingerprint density at radius 3 is 1.68 bits per heavy atom. The molecule has 2 aromatic rings. The molecule has 0 N–H and O–H groups in total. The third kappa shape index (κ3) is 3.39. The average Bonchev–Trinajstić information content (AvgIpc) is 2.55. The SMILES string of the molecule is COC(=O)Oc1ccc(C(C)(C)c2ccc(OC)cc2)cc1. The Morgan fingerprint density at radius 1 is 0.818 bits per heavy atom. The van der Waals surface area contributed by atoms with Gasteiger partial charge in [-0.2, -0.15) is 0 Å². The quantitative estimate of drug-likeness (QED) is 0.628. The summed E-state index contributed by atoms with van der Waals surface area (Å²) in [7, 11) is 2.93. The number of hydrogen-bond donors (Lipinski definition) is 0. The van der Waals surface area contributed by atoms with Crippen LogP contribution in [0.3, 0.4) is 0 Å². The van der Waals surface area contributed by atoms with E-state index in [1.54, 1.807) is 19.2 Å². The monoisotopic (exact) mass is 300 g/mol. The first-order valence-corrected chi connectivity index (χ1v) is 6.98. The topological polar surface area (TPSA) is 44.8 Å². The molecule has 0 aliphatic heterocycles. The van der Waals surface area contributed by atoms with Gasteiger partial charge in [-0.1, -0.05) is 38.1 Å². The second-order valence-electron chi connectivity index (χ2n) is 5.43. The van der Waals surface area contributed by atoms with E-state index in [2.05, 4.69) is 30.7 Å². The maximum Gasteiger partial charge on any atom is 0.513 e. The van der Waals surface area contributed by atoms with Gasteiger partial charge in [0, 0.05) is 5.41 Å². The summed E-state index contributed by atoms with van der Waals surface area (Å²) in [4.78, 5) is 11.1. The van der Waals surface area contributed by atoms with Crippen molar-refractivity contribution in [1.29, 1.82) is 0 Å². The van der Waals surface area contributed by atoms with Gasteiger partial charge in [0.25, 0.3) is 0 Å². The number of carbonyl (C=O) groups excluding carboxylic acids is 1. The minimum Gasteiger partial charge on any atom is -0.497 e. The number of ether oxygens (including phenoxy) is 3. The van der Waals surface area contributed by atoms with Crippen LogP contribution in [0.25, 0.3) is 0 Å². The molecule has 22 heavy (non-hydrogen) atoms. The normalized spacial score (nSPS) is 10.9. The maximum absolute atomic E-state index is 11.1. The molecule has 0 radical (unpaired) electrons. The fourth-order valence-electron chi connectivity index (χ4n) is 2.25. The maximum atomic E-state index is 11.1. The average molecular weight is 300 g/mol. The molecule has 0 amide bonds. The molecule has 0 unspecified atom stereocenters. The van der Waals surface area contributed by atoms with Crippen LogP contribution in [-0.2, 0) is 10.2 Å². The van der Waals surface area contributed by atoms with E-state index in [-0.39, 0.29) is 5.41 Å². The highest BCUT2D eigenvalue weighted by Gasteiger charge is 2.23. The first-order chi connectivity index (χ1) is 10.5. The van der Waals surface area contributed by atoms with E-state index in [4.69, 9.17) is 9.47 Å². The van der Waals surface area contributed by atoms with Gasteiger partial charge in [0.1, 0.15) is 11.5 Å². The summed E-state index contributed by atoms with van der Waals surface area (Å²) in [5.74, 6) is 1.29. The molecule has 0 aliphatic rings. The van der Waals surface area contributed by atoms with Crippen molar-refractivity contribution in [3.8, 4) is 11.5 Å². The molecule has 0 aromatic heterocycles. The number of benzene rings is 2. The lowest BCUT2D eigenvalue weighted by Crippen LogP contribution is -2.18. The molecule has 2 aromatic carbocycles. The van der Waals surface area contributed by atoms with Gasteiger partial charge in [-0.25, -0.2) is 4.79 Å². The third-order valence-electron chi connectivity index (χ3n) is 3.76. The summed E-state index contributed by atoms with van der Waals surface area (Å²) in [5, 5.41) is 0. The smallest absolute Gasteiger partial charge is 0.497 e. The van der Waals surface area contributed by atoms with Crippen molar-refractivity contribution in [3.63, 3.8) is 0 Å². The van der Waals surface area contributed by atoms with E-state index in [1.165, 1.54) is 12.7 Å². The lowest BCUT2D eigenvalue weighted by Gasteiger charge is -2.26. The Hall–Kier alpha value is -2.49. The summed E-state index contributed by atoms with van der Waals surface area (Å²) in [5.41, 5.74) is 2.13. The number of carbonyl (C=O) groups is 1. The zero-order chi connectivity index (χ0) is 16.2. The molecule has 0 heterocycles. The van der Waals surface area contributed by atoms with Crippen LogP contribution in [0.15, 0.2) is 48.5 Å². The van der Waals surface area contributed by atoms with Gasteiger partial charge in [-0.3, -0.25) is 0 Å². The van der Waals surface area contributed by atoms with Crippen molar-refractivity contribution in [2.24, 2.45) is 0 Å². The van der Waals surface area contributed by atoms with Gasteiger partial charge in [0.2, 0.25) is 0 Å². The fraction of sp³-hybridized carbons (Fsp3) is 0.278. The van der Waals surface area contributed by atoms with Crippen LogP contribution < -0.4 is 9.47 Å². The Morgan fingerprint density at radius 2 is 1.27 bits per heavy atom. The summed E-state index contributed by atoms with van der Waals surface area (Å²) < 4.78 is 14.6. The van der Waals surface area contributed by atoms with E-state index in [9.17, 15) is 4.79 Å². The second-order valence-corrected chi connectivity index (χ2v) is 5.43. The lowest BCUT2D eigenvalue weighted by atomic mass is 9.78. The van der Waals surface area contributed by atoms with Crippen LogP contribution in [-0.4, -0.2) is 20.4 Å². The molecule has 0 saturated carbocycles. The van der Waals surface area contributed by atoms with Crippen LogP contribution >= 0.6 is 0 Å². The minimum absolute atomic E-state index is 0.171. The summed E-state index contributed by atoms with van der Waals surface area (Å²) in [6.07, 6.45) is -0.720. The third-order valence-corrected chi connectivity index (χ3v) is 3.76. The Bertz CT molecular complexity index is 627. The van der Waals surface area contributed by atoms with Crippen molar-refractivity contribution in [2.75, 3.05) is 14.2 Å². The predicted molar refractivity (Wildman–Crippen MR) is 84.6 cm³/mol. The van der Waals surface area contributed by atoms with Gasteiger partial charge in [-0.15, -0.1) is 0 Å². The van der Waals surface area contributed by atoms with Gasteiger partial charge in [-0.05, 0) is 35.4 Å². The minimum atomic E-state index is -0.720. The van der Waals surface area contributed by atoms with Crippen molar-refractivity contribution < 1.29 is 19.0 Å². The lowest BCUT2D eigenvalue weighted by molar-refractivity contribution is 0.121. The van der Waals surface area contributed by atoms with E-state index < -0.39 is 6.16 Å². The van der Waals surface area contributed by atoms with Gasteiger partial charge < -0.3 is 14.2 Å². The van der Waals surface area contributed by atoms with Crippen molar-refractivity contribution in [2.45, 2.75) is 19.3 Å². The van der Waals surface area contributed by atoms with Crippen LogP contribution in [0.5, 0.6) is 11.5 Å². The van der Waals surface area contributed by atoms with E-state index in [0.29, 0.717) is 5.75 Å². The largest absolute Gasteiger partial charge is 0.513 e. The fourth-order valence-corrected chi connectivity index (χ4v) is 2.25. The molecule has 0 saturated heterocycles. The highest BCUT2D eigenvalue weighted by atomic mass is 16.7. The van der Waals surface area contributed by atoms with Crippen LogP contribution in [0, 0.1) is 0 Å². The van der Waals surface area contributed by atoms with Gasteiger partial charge >= 0.3 is 6.16 Å². The number of hydrogen-bond acceptors (Lipinski definition) is 4. The molecule has 4 heteroatoms. The predicted octanol–water partition coefficient (Wildman–Crippen LogP) is 4.17. The van der Waals surface area contributed by atoms with Gasteiger partial charge in [0.05, 0.1) is 14.2 Å². The van der Waals surface area contributed by atoms with Crippen molar-refractivity contribution in [1.82, 2.24) is 0 Å². The van der Waals surface area contributed by atoms with E-state index >= 15 is 0 Å². The number of methoxy groups -OCH3 is 2. The molecule has 0 aliphatic carbocycles. The van der Waals surface area contributed by atoms with Crippen LogP contribution in [0.2, 0.25) is 0 Å². The highest BCUT2D eigenvalue weighted by molar-refractivity contribution is 5.63. The van der Waals surface area contributed by atoms with Crippen LogP contribution in [0.4, 0.5) is 4.79 Å². The molecular formula is C18H20O4. The molecule has 0 atom stereocenters. The molecule has 116 valence electrons. The Balaban J connectivity index is 2.22. The molecule has 0 bridgehead atoms. The van der Waals surface area contributed by atoms with Gasteiger partial charge in [0.15, 0.2) is 0 Å². The zero-order valence-electron chi connectivity index (χ0n) is 13.3. The first-order valence-electron chi connectivity index (χ1n) is 6.98. The summed E-state index contributed by atoms with van der Waals surface area (Å²) in [6, 6.07) is 15.4. The molecule has 2 rings (SSSR count). The second kappa shape index (κ2) is 6.52. The summed E-state index contributed by atoms with van der Waals surface area (Å²) in [6.45, 7) is 4.29. The number of rotatable bonds is 4. The van der Waals surface area contributed by atoms with E-state index in [1.807, 2.05) is 24.3 Å². The highest BCUT2D eigenvalue weighted by Crippen LogP contribution is 2.33. The Labute approximate surface area is 130 Å². The molecular weight excluding hydrogens is 280 g/mol. The van der Waals surface area contributed by atoms with E-state index in [0.717, 1.165) is 11.3 Å². The summed E-state index contributed by atoms with van der Waals surface area (Å²) >= 11 is 0. The van der Waals surface area contributed by atoms with Crippen molar-refractivity contribution >= 4 is 6.16 Å². The zero-order valence-corrected chi connectivity index (χ0v) is 13.3.